The average Bonchev–Trinajstić information content (AvgIpc) is 2.48. The smallest absolute Gasteiger partial charge is 0.251 e. The average molecular weight is 277 g/mol. The van der Waals surface area contributed by atoms with Gasteiger partial charge in [-0.15, -0.1) is 0 Å². The molecule has 1 aliphatic carbocycles. The minimum absolute atomic E-state index is 0.0919. The summed E-state index contributed by atoms with van der Waals surface area (Å²) < 4.78 is 13.2. The summed E-state index contributed by atoms with van der Waals surface area (Å²) in [5, 5.41) is 2.99. The van der Waals surface area contributed by atoms with Crippen LogP contribution in [-0.2, 0) is 0 Å². The van der Waals surface area contributed by atoms with Gasteiger partial charge in [-0.2, -0.15) is 0 Å². The molecular formula is C17H24FNO. The number of nitrogens with one attached hydrogen (secondary N) is 1. The maximum absolute atomic E-state index is 13.2. The van der Waals surface area contributed by atoms with Crippen molar-refractivity contribution in [1.82, 2.24) is 5.32 Å². The third-order valence-corrected chi connectivity index (χ3v) is 4.52. The predicted octanol–water partition coefficient (Wildman–Crippen LogP) is 4.08. The van der Waals surface area contributed by atoms with E-state index < -0.39 is 0 Å². The summed E-state index contributed by atoms with van der Waals surface area (Å²) in [5.41, 5.74) is 1.06. The van der Waals surface area contributed by atoms with Gasteiger partial charge in [0.05, 0.1) is 0 Å². The molecule has 1 aliphatic rings. The fourth-order valence-electron chi connectivity index (χ4n) is 2.97. The Labute approximate surface area is 120 Å². The molecule has 2 rings (SSSR count). The maximum Gasteiger partial charge on any atom is 0.251 e. The molecule has 1 N–H and O–H groups in total. The highest BCUT2D eigenvalue weighted by atomic mass is 19.1. The Hall–Kier alpha value is -1.38. The molecule has 0 aromatic heterocycles. The summed E-state index contributed by atoms with van der Waals surface area (Å²) in [6.45, 7) is 4.67. The lowest BCUT2D eigenvalue weighted by Gasteiger charge is -2.27. The minimum atomic E-state index is -0.264. The first-order valence-electron chi connectivity index (χ1n) is 7.64. The summed E-state index contributed by atoms with van der Waals surface area (Å²) >= 11 is 0. The lowest BCUT2D eigenvalue weighted by Crippen LogP contribution is -2.31. The Kier molecular flexibility index (Phi) is 5.16. The molecule has 0 heterocycles. The minimum Gasteiger partial charge on any atom is -0.352 e. The van der Waals surface area contributed by atoms with E-state index in [-0.39, 0.29) is 11.7 Å². The molecule has 0 aliphatic heterocycles. The Balaban J connectivity index is 1.82. The van der Waals surface area contributed by atoms with Crippen molar-refractivity contribution in [3.8, 4) is 0 Å². The third-order valence-electron chi connectivity index (χ3n) is 4.52. The van der Waals surface area contributed by atoms with Gasteiger partial charge in [-0.25, -0.2) is 4.39 Å². The Morgan fingerprint density at radius 2 is 1.90 bits per heavy atom. The molecular weight excluding hydrogens is 253 g/mol. The number of aryl methyl sites for hydroxylation is 1. The van der Waals surface area contributed by atoms with Gasteiger partial charge in [-0.05, 0) is 55.4 Å². The van der Waals surface area contributed by atoms with E-state index in [1.165, 1.54) is 38.2 Å². The molecule has 1 saturated carbocycles. The van der Waals surface area contributed by atoms with Crippen LogP contribution in [0.1, 0.15) is 54.9 Å². The lowest BCUT2D eigenvalue weighted by molar-refractivity contribution is 0.0941. The van der Waals surface area contributed by atoms with E-state index >= 15 is 0 Å². The van der Waals surface area contributed by atoms with Crippen LogP contribution in [-0.4, -0.2) is 12.5 Å². The second kappa shape index (κ2) is 6.87. The van der Waals surface area contributed by atoms with Crippen LogP contribution in [0.5, 0.6) is 0 Å². The summed E-state index contributed by atoms with van der Waals surface area (Å²) in [6.07, 6.45) is 6.26. The first-order chi connectivity index (χ1) is 9.60. The zero-order valence-corrected chi connectivity index (χ0v) is 12.4. The van der Waals surface area contributed by atoms with E-state index in [9.17, 15) is 9.18 Å². The monoisotopic (exact) mass is 277 g/mol. The first-order valence-corrected chi connectivity index (χ1v) is 7.64. The van der Waals surface area contributed by atoms with Crippen molar-refractivity contribution in [3.63, 3.8) is 0 Å². The van der Waals surface area contributed by atoms with Crippen molar-refractivity contribution in [1.29, 1.82) is 0 Å². The van der Waals surface area contributed by atoms with E-state index in [0.29, 0.717) is 17.0 Å². The predicted molar refractivity (Wildman–Crippen MR) is 79.2 cm³/mol. The number of benzene rings is 1. The Morgan fingerprint density at radius 3 is 2.50 bits per heavy atom. The van der Waals surface area contributed by atoms with Crippen LogP contribution in [0, 0.1) is 24.6 Å². The molecule has 0 unspecified atom stereocenters. The molecule has 1 aromatic rings. The molecule has 2 nitrogen and oxygen atoms in total. The largest absolute Gasteiger partial charge is 0.352 e. The highest BCUT2D eigenvalue weighted by Gasteiger charge is 2.20. The highest BCUT2D eigenvalue weighted by Crippen LogP contribution is 2.30. The van der Waals surface area contributed by atoms with Crippen LogP contribution >= 0.6 is 0 Å². The van der Waals surface area contributed by atoms with Gasteiger partial charge in [-0.1, -0.05) is 26.2 Å². The molecule has 3 heteroatoms. The van der Waals surface area contributed by atoms with Crippen LogP contribution in [0.25, 0.3) is 0 Å². The fraction of sp³-hybridized carbons (Fsp3) is 0.588. The number of amides is 1. The van der Waals surface area contributed by atoms with Gasteiger partial charge in [0.2, 0.25) is 0 Å². The van der Waals surface area contributed by atoms with E-state index in [0.717, 1.165) is 12.5 Å². The third kappa shape index (κ3) is 3.81. The molecule has 20 heavy (non-hydrogen) atoms. The van der Waals surface area contributed by atoms with Gasteiger partial charge in [0.1, 0.15) is 5.82 Å². The number of hydrogen-bond acceptors (Lipinski definition) is 1. The van der Waals surface area contributed by atoms with Crippen molar-refractivity contribution in [2.24, 2.45) is 11.8 Å². The lowest BCUT2D eigenvalue weighted by atomic mass is 9.81. The van der Waals surface area contributed by atoms with Crippen LogP contribution < -0.4 is 5.32 Å². The summed E-state index contributed by atoms with van der Waals surface area (Å²) in [7, 11) is 0. The highest BCUT2D eigenvalue weighted by molar-refractivity contribution is 5.94. The zero-order valence-electron chi connectivity index (χ0n) is 12.4. The first kappa shape index (κ1) is 15.0. The van der Waals surface area contributed by atoms with Crippen LogP contribution in [0.15, 0.2) is 18.2 Å². The number of carbonyl (C=O) groups is 1. The summed E-state index contributed by atoms with van der Waals surface area (Å²) in [4.78, 5) is 12.0. The van der Waals surface area contributed by atoms with Gasteiger partial charge in [0, 0.05) is 12.1 Å². The van der Waals surface area contributed by atoms with Crippen molar-refractivity contribution in [2.45, 2.75) is 46.0 Å². The van der Waals surface area contributed by atoms with Crippen molar-refractivity contribution < 1.29 is 9.18 Å². The molecule has 1 fully saturated rings. The fourth-order valence-corrected chi connectivity index (χ4v) is 2.97. The molecule has 0 spiro atoms. The van der Waals surface area contributed by atoms with Gasteiger partial charge in [-0.3, -0.25) is 4.79 Å². The molecule has 0 saturated heterocycles. The Morgan fingerprint density at radius 1 is 1.25 bits per heavy atom. The van der Waals surface area contributed by atoms with Gasteiger partial charge in [0.25, 0.3) is 5.91 Å². The second-order valence-corrected chi connectivity index (χ2v) is 5.97. The number of carbonyl (C=O) groups excluding carboxylic acids is 1. The van der Waals surface area contributed by atoms with Crippen LogP contribution in [0.2, 0.25) is 0 Å². The van der Waals surface area contributed by atoms with Gasteiger partial charge >= 0.3 is 0 Å². The zero-order chi connectivity index (χ0) is 14.5. The quantitative estimate of drug-likeness (QED) is 0.882. The number of halogens is 1. The van der Waals surface area contributed by atoms with Crippen molar-refractivity contribution >= 4 is 5.91 Å². The number of rotatable bonds is 4. The number of hydrogen-bond donors (Lipinski definition) is 1. The topological polar surface area (TPSA) is 29.1 Å². The summed E-state index contributed by atoms with van der Waals surface area (Å²) in [6, 6.07) is 4.51. The van der Waals surface area contributed by atoms with Crippen LogP contribution in [0.4, 0.5) is 4.39 Å². The molecule has 1 amide bonds. The molecule has 1 aromatic carbocycles. The SMILES string of the molecule is CCC1CCC(CNC(=O)c2ccc(F)c(C)c2)CC1. The molecule has 110 valence electrons. The maximum atomic E-state index is 13.2. The molecule has 0 radical (unpaired) electrons. The van der Waals surface area contributed by atoms with E-state index in [4.69, 9.17) is 0 Å². The van der Waals surface area contributed by atoms with Crippen molar-refractivity contribution in [3.05, 3.63) is 35.1 Å². The van der Waals surface area contributed by atoms with E-state index in [1.54, 1.807) is 19.1 Å². The standard InChI is InChI=1S/C17H24FNO/c1-3-13-4-6-14(7-5-13)11-19-17(20)15-8-9-16(18)12(2)10-15/h8-10,13-14H,3-7,11H2,1-2H3,(H,19,20). The van der Waals surface area contributed by atoms with E-state index in [2.05, 4.69) is 12.2 Å². The van der Waals surface area contributed by atoms with Crippen LogP contribution in [0.3, 0.4) is 0 Å². The van der Waals surface area contributed by atoms with Crippen molar-refractivity contribution in [2.75, 3.05) is 6.54 Å². The molecule has 0 bridgehead atoms. The molecule has 0 atom stereocenters. The normalized spacial score (nSPS) is 22.6. The summed E-state index contributed by atoms with van der Waals surface area (Å²) in [5.74, 6) is 1.12. The second-order valence-electron chi connectivity index (χ2n) is 5.97. The van der Waals surface area contributed by atoms with E-state index in [1.807, 2.05) is 0 Å². The Bertz CT molecular complexity index is 464. The van der Waals surface area contributed by atoms with Gasteiger partial charge < -0.3 is 5.32 Å². The van der Waals surface area contributed by atoms with Gasteiger partial charge in [0.15, 0.2) is 0 Å².